The Bertz CT molecular complexity index is 596. The maximum absolute atomic E-state index is 12.8. The van der Waals surface area contributed by atoms with Gasteiger partial charge in [-0.3, -0.25) is 9.59 Å². The van der Waals surface area contributed by atoms with Crippen LogP contribution in [0.5, 0.6) is 11.5 Å². The third-order valence-corrected chi connectivity index (χ3v) is 5.48. The van der Waals surface area contributed by atoms with Crippen LogP contribution in [0.4, 0.5) is 0 Å². The summed E-state index contributed by atoms with van der Waals surface area (Å²) in [5.74, 6) is 0.103. The number of aliphatic carboxylic acids is 1. The normalized spacial score (nSPS) is 21.2. The lowest BCUT2D eigenvalue weighted by Gasteiger charge is -2.19. The molecule has 0 bridgehead atoms. The molecule has 0 saturated heterocycles. The summed E-state index contributed by atoms with van der Waals surface area (Å²) >= 11 is 1.23. The van der Waals surface area contributed by atoms with Crippen LogP contribution in [0, 0.1) is 5.92 Å². The minimum atomic E-state index is -0.897. The highest BCUT2D eigenvalue weighted by atomic mass is 32.2. The van der Waals surface area contributed by atoms with Gasteiger partial charge in [0.1, 0.15) is 5.25 Å². The zero-order valence-electron chi connectivity index (χ0n) is 13.1. The van der Waals surface area contributed by atoms with E-state index in [1.165, 1.54) is 26.0 Å². The van der Waals surface area contributed by atoms with Crippen LogP contribution in [0.25, 0.3) is 0 Å². The van der Waals surface area contributed by atoms with Gasteiger partial charge in [0.05, 0.1) is 19.5 Å². The predicted molar refractivity (Wildman–Crippen MR) is 85.2 cm³/mol. The van der Waals surface area contributed by atoms with Crippen LogP contribution in [0.2, 0.25) is 0 Å². The fraction of sp³-hybridized carbons (Fsp3) is 0.500. The number of fused-ring (bicyclic) bond motifs is 1. The second-order valence-corrected chi connectivity index (χ2v) is 6.91. The summed E-state index contributed by atoms with van der Waals surface area (Å²) in [7, 11) is 3.03. The Morgan fingerprint density at radius 2 is 1.86 bits per heavy atom. The van der Waals surface area contributed by atoms with Crippen LogP contribution in [-0.4, -0.2) is 41.6 Å². The van der Waals surface area contributed by atoms with Gasteiger partial charge in [0.2, 0.25) is 0 Å². The van der Waals surface area contributed by atoms with Gasteiger partial charge in [0, 0.05) is 5.56 Å². The summed E-state index contributed by atoms with van der Waals surface area (Å²) in [6, 6.07) is 3.38. The molecule has 0 fully saturated rings. The molecule has 5 nitrogen and oxygen atoms in total. The first-order chi connectivity index (χ1) is 10.4. The number of ether oxygens (including phenoxy) is 2. The summed E-state index contributed by atoms with van der Waals surface area (Å²) in [4.78, 5) is 24.3. The van der Waals surface area contributed by atoms with E-state index in [2.05, 4.69) is 0 Å². The van der Waals surface area contributed by atoms with Crippen molar-refractivity contribution in [3.05, 3.63) is 23.3 Å². The van der Waals surface area contributed by atoms with E-state index in [1.54, 1.807) is 12.1 Å². The number of carbonyl (C=O) groups is 2. The maximum atomic E-state index is 12.8. The standard InChI is InChI=1S/C16H20O5S/c1-8(2)15-14(17)10-7-12(21-4)11(20-3)5-9(10)6-13(22-15)16(18)19/h5,7-8,13,15H,6H2,1-4H3,(H,18,19)/t13-,15+/m1/s1. The Labute approximate surface area is 134 Å². The molecule has 0 radical (unpaired) electrons. The molecule has 120 valence electrons. The molecule has 1 aromatic carbocycles. The number of carbonyl (C=O) groups excluding carboxylic acids is 1. The molecule has 1 aliphatic rings. The molecular weight excluding hydrogens is 304 g/mol. The molecular formula is C16H20O5S. The van der Waals surface area contributed by atoms with Crippen LogP contribution in [0.3, 0.4) is 0 Å². The minimum absolute atomic E-state index is 0.0419. The van der Waals surface area contributed by atoms with Gasteiger partial charge in [-0.1, -0.05) is 13.8 Å². The Hall–Kier alpha value is -1.69. The third kappa shape index (κ3) is 3.06. The van der Waals surface area contributed by atoms with Crippen molar-refractivity contribution in [3.8, 4) is 11.5 Å². The molecule has 1 aliphatic heterocycles. The van der Waals surface area contributed by atoms with Gasteiger partial charge >= 0.3 is 5.97 Å². The summed E-state index contributed by atoms with van der Waals surface area (Å²) in [5.41, 5.74) is 1.23. The molecule has 2 rings (SSSR count). The molecule has 1 N–H and O–H groups in total. The fourth-order valence-electron chi connectivity index (χ4n) is 2.56. The quantitative estimate of drug-likeness (QED) is 0.918. The van der Waals surface area contributed by atoms with E-state index in [0.29, 0.717) is 29.0 Å². The number of hydrogen-bond acceptors (Lipinski definition) is 5. The maximum Gasteiger partial charge on any atom is 0.316 e. The monoisotopic (exact) mass is 324 g/mol. The van der Waals surface area contributed by atoms with Crippen molar-refractivity contribution in [1.82, 2.24) is 0 Å². The summed E-state index contributed by atoms with van der Waals surface area (Å²) in [6.07, 6.45) is 0.296. The van der Waals surface area contributed by atoms with Crippen molar-refractivity contribution >= 4 is 23.5 Å². The van der Waals surface area contributed by atoms with Gasteiger partial charge in [-0.05, 0) is 30.0 Å². The van der Waals surface area contributed by atoms with Crippen molar-refractivity contribution < 1.29 is 24.2 Å². The van der Waals surface area contributed by atoms with E-state index in [-0.39, 0.29) is 17.0 Å². The van der Waals surface area contributed by atoms with Crippen molar-refractivity contribution in [1.29, 1.82) is 0 Å². The minimum Gasteiger partial charge on any atom is -0.493 e. The van der Waals surface area contributed by atoms with E-state index in [9.17, 15) is 14.7 Å². The van der Waals surface area contributed by atoms with Crippen LogP contribution >= 0.6 is 11.8 Å². The Morgan fingerprint density at radius 3 is 2.36 bits per heavy atom. The second kappa shape index (κ2) is 6.60. The van der Waals surface area contributed by atoms with E-state index in [0.717, 1.165) is 0 Å². The third-order valence-electron chi connectivity index (χ3n) is 3.73. The number of hydrogen-bond donors (Lipinski definition) is 1. The molecule has 22 heavy (non-hydrogen) atoms. The van der Waals surface area contributed by atoms with Gasteiger partial charge in [-0.2, -0.15) is 0 Å². The number of rotatable bonds is 4. The number of carboxylic acid groups (broad SMARTS) is 1. The van der Waals surface area contributed by atoms with E-state index >= 15 is 0 Å². The molecule has 1 heterocycles. The smallest absolute Gasteiger partial charge is 0.316 e. The highest BCUT2D eigenvalue weighted by Crippen LogP contribution is 2.39. The Morgan fingerprint density at radius 1 is 1.27 bits per heavy atom. The van der Waals surface area contributed by atoms with Crippen LogP contribution in [-0.2, 0) is 11.2 Å². The van der Waals surface area contributed by atoms with Gasteiger partial charge < -0.3 is 14.6 Å². The molecule has 0 aliphatic carbocycles. The lowest BCUT2D eigenvalue weighted by molar-refractivity contribution is -0.136. The number of benzene rings is 1. The number of methoxy groups -OCH3 is 2. The van der Waals surface area contributed by atoms with Crippen molar-refractivity contribution in [2.24, 2.45) is 5.92 Å². The summed E-state index contributed by atoms with van der Waals surface area (Å²) in [5, 5.41) is 8.40. The topological polar surface area (TPSA) is 72.8 Å². The van der Waals surface area contributed by atoms with Gasteiger partial charge in [-0.25, -0.2) is 0 Å². The fourth-order valence-corrected chi connectivity index (χ4v) is 3.88. The highest BCUT2D eigenvalue weighted by Gasteiger charge is 2.36. The van der Waals surface area contributed by atoms with E-state index in [4.69, 9.17) is 9.47 Å². The molecule has 1 aromatic rings. The first-order valence-electron chi connectivity index (χ1n) is 7.06. The van der Waals surface area contributed by atoms with Gasteiger partial charge in [0.25, 0.3) is 0 Å². The Balaban J connectivity index is 2.58. The molecule has 0 aromatic heterocycles. The van der Waals surface area contributed by atoms with Gasteiger partial charge in [0.15, 0.2) is 17.3 Å². The summed E-state index contributed by atoms with van der Waals surface area (Å²) < 4.78 is 10.5. The lowest BCUT2D eigenvalue weighted by Crippen LogP contribution is -2.27. The largest absolute Gasteiger partial charge is 0.493 e. The molecule has 2 atom stereocenters. The molecule has 0 amide bonds. The zero-order chi connectivity index (χ0) is 16.4. The molecule has 6 heteroatoms. The number of Topliss-reactive ketones (excluding diaryl/α,β-unsaturated/α-hetero) is 1. The van der Waals surface area contributed by atoms with Crippen molar-refractivity contribution in [3.63, 3.8) is 0 Å². The molecule has 0 unspecified atom stereocenters. The van der Waals surface area contributed by atoms with E-state index < -0.39 is 11.2 Å². The first-order valence-corrected chi connectivity index (χ1v) is 8.00. The average Bonchev–Trinajstić information content (AvgIpc) is 2.62. The average molecular weight is 324 g/mol. The Kier molecular flexibility index (Phi) is 5.01. The van der Waals surface area contributed by atoms with Crippen molar-refractivity contribution in [2.45, 2.75) is 30.8 Å². The lowest BCUT2D eigenvalue weighted by atomic mass is 9.94. The number of carboxylic acids is 1. The SMILES string of the molecule is COc1cc2c(cc1OC)C(=O)[C@H](C(C)C)S[C@@H](C(=O)O)C2. The number of ketones is 1. The van der Waals surface area contributed by atoms with E-state index in [1.807, 2.05) is 13.8 Å². The molecule has 0 saturated carbocycles. The second-order valence-electron chi connectivity index (χ2n) is 5.56. The summed E-state index contributed by atoms with van der Waals surface area (Å²) in [6.45, 7) is 3.86. The van der Waals surface area contributed by atoms with Gasteiger partial charge in [-0.15, -0.1) is 11.8 Å². The first kappa shape index (κ1) is 16.7. The van der Waals surface area contributed by atoms with Crippen LogP contribution in [0.15, 0.2) is 12.1 Å². The molecule has 0 spiro atoms. The van der Waals surface area contributed by atoms with Crippen molar-refractivity contribution in [2.75, 3.05) is 14.2 Å². The van der Waals surface area contributed by atoms with Crippen LogP contribution in [0.1, 0.15) is 29.8 Å². The zero-order valence-corrected chi connectivity index (χ0v) is 13.9. The predicted octanol–water partition coefficient (Wildman–Crippen LogP) is 2.65. The van der Waals surface area contributed by atoms with Crippen LogP contribution < -0.4 is 9.47 Å². The number of thioether (sulfide) groups is 1. The highest BCUT2D eigenvalue weighted by molar-refractivity contribution is 8.02.